The molecule has 8 nitrogen and oxygen atoms in total. The van der Waals surface area contributed by atoms with Gasteiger partial charge in [-0.2, -0.15) is 5.10 Å². The van der Waals surface area contributed by atoms with Crippen LogP contribution in [0.25, 0.3) is 0 Å². The summed E-state index contributed by atoms with van der Waals surface area (Å²) in [5.41, 5.74) is -0.187. The van der Waals surface area contributed by atoms with E-state index >= 15 is 0 Å². The van der Waals surface area contributed by atoms with Crippen LogP contribution in [0, 0.1) is 0 Å². The number of aromatic nitrogens is 4. The summed E-state index contributed by atoms with van der Waals surface area (Å²) >= 11 is 0. The number of aryl methyl sites for hydroxylation is 1. The fourth-order valence-electron chi connectivity index (χ4n) is 1.73. The summed E-state index contributed by atoms with van der Waals surface area (Å²) in [5, 5.41) is 9.34. The largest absolute Gasteiger partial charge is 0.328 e. The van der Waals surface area contributed by atoms with Gasteiger partial charge in [0.1, 0.15) is 6.54 Å². The SMILES string of the molecule is CCCc1cc(NC(=O)Cn2ccc(=O)[nH]c2=O)n[nH]1. The normalized spacial score (nSPS) is 10.4. The Labute approximate surface area is 113 Å². The summed E-state index contributed by atoms with van der Waals surface area (Å²) in [7, 11) is 0. The second kappa shape index (κ2) is 6.00. The molecule has 8 heteroatoms. The number of carbonyl (C=O) groups is 1. The monoisotopic (exact) mass is 277 g/mol. The quantitative estimate of drug-likeness (QED) is 0.705. The smallest absolute Gasteiger partial charge is 0.308 e. The third-order valence-corrected chi connectivity index (χ3v) is 2.63. The molecule has 2 rings (SSSR count). The number of anilines is 1. The first-order valence-corrected chi connectivity index (χ1v) is 6.22. The van der Waals surface area contributed by atoms with Crippen LogP contribution in [0.15, 0.2) is 27.9 Å². The highest BCUT2D eigenvalue weighted by Crippen LogP contribution is 2.07. The van der Waals surface area contributed by atoms with Crippen LogP contribution in [-0.4, -0.2) is 25.7 Å². The summed E-state index contributed by atoms with van der Waals surface area (Å²) in [5.74, 6) is 0.0182. The zero-order valence-corrected chi connectivity index (χ0v) is 11.0. The van der Waals surface area contributed by atoms with E-state index in [9.17, 15) is 14.4 Å². The average molecular weight is 277 g/mol. The second-order valence-corrected chi connectivity index (χ2v) is 4.31. The molecule has 20 heavy (non-hydrogen) atoms. The van der Waals surface area contributed by atoms with Crippen molar-refractivity contribution in [1.29, 1.82) is 0 Å². The number of nitrogens with zero attached hydrogens (tertiary/aromatic N) is 2. The van der Waals surface area contributed by atoms with Gasteiger partial charge in [0.05, 0.1) is 0 Å². The van der Waals surface area contributed by atoms with E-state index in [2.05, 4.69) is 20.5 Å². The van der Waals surface area contributed by atoms with Crippen molar-refractivity contribution in [3.63, 3.8) is 0 Å². The first-order chi connectivity index (χ1) is 9.58. The van der Waals surface area contributed by atoms with Gasteiger partial charge in [-0.3, -0.25) is 24.2 Å². The molecule has 0 spiro atoms. The number of amides is 1. The number of nitrogens with one attached hydrogen (secondary N) is 3. The lowest BCUT2D eigenvalue weighted by molar-refractivity contribution is -0.116. The van der Waals surface area contributed by atoms with Crippen LogP contribution in [0.3, 0.4) is 0 Å². The first kappa shape index (κ1) is 13.8. The van der Waals surface area contributed by atoms with Gasteiger partial charge in [-0.05, 0) is 6.42 Å². The molecule has 2 aromatic heterocycles. The minimum absolute atomic E-state index is 0.189. The van der Waals surface area contributed by atoms with Gasteiger partial charge in [-0.15, -0.1) is 0 Å². The maximum absolute atomic E-state index is 11.8. The Morgan fingerprint density at radius 3 is 2.95 bits per heavy atom. The fourth-order valence-corrected chi connectivity index (χ4v) is 1.73. The first-order valence-electron chi connectivity index (χ1n) is 6.22. The molecule has 0 aliphatic heterocycles. The van der Waals surface area contributed by atoms with Crippen LogP contribution in [0.5, 0.6) is 0 Å². The van der Waals surface area contributed by atoms with Gasteiger partial charge in [0.15, 0.2) is 5.82 Å². The highest BCUT2D eigenvalue weighted by atomic mass is 16.2. The molecular formula is C12H15N5O3. The molecule has 0 unspecified atom stereocenters. The summed E-state index contributed by atoms with van der Waals surface area (Å²) in [4.78, 5) is 36.2. The molecule has 0 atom stereocenters. The van der Waals surface area contributed by atoms with E-state index < -0.39 is 17.2 Å². The van der Waals surface area contributed by atoms with Crippen LogP contribution in [0.1, 0.15) is 19.0 Å². The van der Waals surface area contributed by atoms with Gasteiger partial charge in [0, 0.05) is 24.0 Å². The van der Waals surface area contributed by atoms with E-state index in [1.165, 1.54) is 12.3 Å². The Morgan fingerprint density at radius 1 is 1.45 bits per heavy atom. The lowest BCUT2D eigenvalue weighted by Gasteiger charge is -2.03. The Morgan fingerprint density at radius 2 is 2.25 bits per heavy atom. The zero-order valence-electron chi connectivity index (χ0n) is 11.0. The lowest BCUT2D eigenvalue weighted by Crippen LogP contribution is -2.32. The zero-order chi connectivity index (χ0) is 14.5. The third-order valence-electron chi connectivity index (χ3n) is 2.63. The van der Waals surface area contributed by atoms with Crippen LogP contribution in [0.2, 0.25) is 0 Å². The van der Waals surface area contributed by atoms with Crippen molar-refractivity contribution >= 4 is 11.7 Å². The van der Waals surface area contributed by atoms with Crippen molar-refractivity contribution < 1.29 is 4.79 Å². The molecule has 0 aromatic carbocycles. The van der Waals surface area contributed by atoms with Gasteiger partial charge in [0.25, 0.3) is 5.56 Å². The molecule has 0 aliphatic rings. The Bertz CT molecular complexity index is 712. The van der Waals surface area contributed by atoms with Crippen molar-refractivity contribution in [3.05, 3.63) is 44.9 Å². The molecule has 0 radical (unpaired) electrons. The van der Waals surface area contributed by atoms with Gasteiger partial charge in [0.2, 0.25) is 5.91 Å². The topological polar surface area (TPSA) is 113 Å². The van der Waals surface area contributed by atoms with Crippen LogP contribution in [0.4, 0.5) is 5.82 Å². The molecule has 0 saturated carbocycles. The molecule has 106 valence electrons. The van der Waals surface area contributed by atoms with Gasteiger partial charge < -0.3 is 5.32 Å². The third kappa shape index (κ3) is 3.44. The summed E-state index contributed by atoms with van der Waals surface area (Å²) in [6.07, 6.45) is 3.10. The molecule has 0 aliphatic carbocycles. The van der Waals surface area contributed by atoms with E-state index in [-0.39, 0.29) is 6.54 Å². The van der Waals surface area contributed by atoms with E-state index in [0.717, 1.165) is 23.1 Å². The molecule has 0 saturated heterocycles. The molecule has 0 bridgehead atoms. The fraction of sp³-hybridized carbons (Fsp3) is 0.333. The van der Waals surface area contributed by atoms with E-state index in [0.29, 0.717) is 5.82 Å². The lowest BCUT2D eigenvalue weighted by atomic mass is 10.2. The Kier molecular flexibility index (Phi) is 4.14. The van der Waals surface area contributed by atoms with Gasteiger partial charge in [-0.1, -0.05) is 13.3 Å². The summed E-state index contributed by atoms with van der Waals surface area (Å²) in [6.45, 7) is 1.85. The minimum Gasteiger partial charge on any atom is -0.308 e. The van der Waals surface area contributed by atoms with Gasteiger partial charge in [-0.25, -0.2) is 4.79 Å². The number of carbonyl (C=O) groups excluding carboxylic acids is 1. The molecule has 0 fully saturated rings. The van der Waals surface area contributed by atoms with Crippen LogP contribution >= 0.6 is 0 Å². The number of aromatic amines is 2. The average Bonchev–Trinajstić information content (AvgIpc) is 2.81. The standard InChI is InChI=1S/C12H15N5O3/c1-2-3-8-6-9(16-15-8)13-11(19)7-17-5-4-10(18)14-12(17)20/h4-6H,2-3,7H2,1H3,(H,14,18,20)(H2,13,15,16,19). The highest BCUT2D eigenvalue weighted by molar-refractivity contribution is 5.89. The van der Waals surface area contributed by atoms with Crippen LogP contribution < -0.4 is 16.6 Å². The predicted molar refractivity (Wildman–Crippen MR) is 72.5 cm³/mol. The van der Waals surface area contributed by atoms with Gasteiger partial charge >= 0.3 is 5.69 Å². The number of rotatable bonds is 5. The van der Waals surface area contributed by atoms with Crippen molar-refractivity contribution in [3.8, 4) is 0 Å². The minimum atomic E-state index is -0.624. The van der Waals surface area contributed by atoms with E-state index in [1.54, 1.807) is 6.07 Å². The molecule has 1 amide bonds. The van der Waals surface area contributed by atoms with Crippen molar-refractivity contribution in [2.45, 2.75) is 26.3 Å². The molecule has 3 N–H and O–H groups in total. The molecule has 2 heterocycles. The summed E-state index contributed by atoms with van der Waals surface area (Å²) in [6, 6.07) is 2.93. The van der Waals surface area contributed by atoms with E-state index in [1.807, 2.05) is 6.92 Å². The van der Waals surface area contributed by atoms with Crippen molar-refractivity contribution in [2.75, 3.05) is 5.32 Å². The van der Waals surface area contributed by atoms with Crippen LogP contribution in [-0.2, 0) is 17.8 Å². The van der Waals surface area contributed by atoms with Crippen molar-refractivity contribution in [1.82, 2.24) is 19.7 Å². The highest BCUT2D eigenvalue weighted by Gasteiger charge is 2.07. The number of hydrogen-bond acceptors (Lipinski definition) is 4. The summed E-state index contributed by atoms with van der Waals surface area (Å²) < 4.78 is 1.11. The Balaban J connectivity index is 2.01. The predicted octanol–water partition coefficient (Wildman–Crippen LogP) is -0.149. The number of hydrogen-bond donors (Lipinski definition) is 3. The maximum atomic E-state index is 11.8. The maximum Gasteiger partial charge on any atom is 0.328 e. The van der Waals surface area contributed by atoms with E-state index in [4.69, 9.17) is 0 Å². The Hall–Kier alpha value is -2.64. The van der Waals surface area contributed by atoms with Crippen molar-refractivity contribution in [2.24, 2.45) is 0 Å². The second-order valence-electron chi connectivity index (χ2n) is 4.31. The molecular weight excluding hydrogens is 262 g/mol. The molecule has 2 aromatic rings. The number of H-pyrrole nitrogens is 2.